The Hall–Kier alpha value is -3.43. The maximum Gasteiger partial charge on any atom is 0.417 e. The SMILES string of the molecule is O=C(O)c1ccc(-c2nn(C(=O)c3c(Cl)cccc3C(F)(F)F)c3cccnc23)c(Cl)c1. The third-order valence-electron chi connectivity index (χ3n) is 4.64. The van der Waals surface area contributed by atoms with E-state index in [1.807, 2.05) is 0 Å². The molecule has 2 aromatic carbocycles. The molecule has 4 aromatic rings. The largest absolute Gasteiger partial charge is 0.478 e. The lowest BCUT2D eigenvalue weighted by Crippen LogP contribution is -2.20. The van der Waals surface area contributed by atoms with Crippen molar-refractivity contribution in [1.82, 2.24) is 14.8 Å². The summed E-state index contributed by atoms with van der Waals surface area (Å²) in [4.78, 5) is 28.5. The van der Waals surface area contributed by atoms with Crippen LogP contribution in [0, 0.1) is 0 Å². The minimum Gasteiger partial charge on any atom is -0.478 e. The van der Waals surface area contributed by atoms with Crippen LogP contribution in [0.25, 0.3) is 22.3 Å². The van der Waals surface area contributed by atoms with Crippen LogP contribution in [0.4, 0.5) is 13.2 Å². The van der Waals surface area contributed by atoms with E-state index in [9.17, 15) is 22.8 Å². The number of hydrogen-bond acceptors (Lipinski definition) is 4. The number of carboxylic acids is 1. The van der Waals surface area contributed by atoms with Gasteiger partial charge in [-0.15, -0.1) is 0 Å². The molecule has 0 bridgehead atoms. The fourth-order valence-electron chi connectivity index (χ4n) is 3.21. The first-order chi connectivity index (χ1) is 15.1. The van der Waals surface area contributed by atoms with Gasteiger partial charge in [-0.05, 0) is 36.4 Å². The summed E-state index contributed by atoms with van der Waals surface area (Å²) >= 11 is 12.2. The summed E-state index contributed by atoms with van der Waals surface area (Å²) in [7, 11) is 0. The average Bonchev–Trinajstić information content (AvgIpc) is 3.12. The molecule has 6 nitrogen and oxygen atoms in total. The molecule has 162 valence electrons. The fraction of sp³-hybridized carbons (Fsp3) is 0.0476. The number of fused-ring (bicyclic) bond motifs is 1. The van der Waals surface area contributed by atoms with E-state index < -0.39 is 29.2 Å². The molecule has 0 spiro atoms. The lowest BCUT2D eigenvalue weighted by atomic mass is 10.1. The van der Waals surface area contributed by atoms with E-state index in [1.54, 1.807) is 0 Å². The van der Waals surface area contributed by atoms with Crippen LogP contribution in [0.5, 0.6) is 0 Å². The van der Waals surface area contributed by atoms with Gasteiger partial charge in [-0.25, -0.2) is 4.79 Å². The van der Waals surface area contributed by atoms with Crippen LogP contribution in [0.3, 0.4) is 0 Å². The van der Waals surface area contributed by atoms with Gasteiger partial charge >= 0.3 is 12.1 Å². The molecule has 0 radical (unpaired) electrons. The first kappa shape index (κ1) is 21.8. The number of hydrogen-bond donors (Lipinski definition) is 1. The molecule has 0 aliphatic rings. The minimum atomic E-state index is -4.82. The smallest absolute Gasteiger partial charge is 0.417 e. The quantitative estimate of drug-likeness (QED) is 0.400. The lowest BCUT2D eigenvalue weighted by molar-refractivity contribution is -0.137. The van der Waals surface area contributed by atoms with E-state index in [-0.39, 0.29) is 37.9 Å². The standard InChI is InChI=1S/C21H10Cl2F3N3O3/c22-13-4-1-3-12(21(24,25)26)16(13)19(30)29-15-5-2-8-27-18(15)17(28-29)11-7-6-10(20(31)32)9-14(11)23/h1-9H,(H,31,32). The second-order valence-electron chi connectivity index (χ2n) is 6.60. The summed E-state index contributed by atoms with van der Waals surface area (Å²) in [5, 5.41) is 12.9. The maximum atomic E-state index is 13.5. The molecule has 0 saturated heterocycles. The Bertz CT molecular complexity index is 1400. The van der Waals surface area contributed by atoms with Gasteiger partial charge in [0.05, 0.1) is 32.3 Å². The number of pyridine rings is 1. The summed E-state index contributed by atoms with van der Waals surface area (Å²) in [5.74, 6) is -2.30. The second kappa shape index (κ2) is 7.92. The first-order valence-electron chi connectivity index (χ1n) is 8.87. The van der Waals surface area contributed by atoms with Gasteiger partial charge in [-0.3, -0.25) is 9.78 Å². The number of nitrogens with zero attached hydrogens (tertiary/aromatic N) is 3. The highest BCUT2D eigenvalue weighted by atomic mass is 35.5. The van der Waals surface area contributed by atoms with Gasteiger partial charge in [-0.2, -0.15) is 23.0 Å². The summed E-state index contributed by atoms with van der Waals surface area (Å²) in [6.45, 7) is 0. The van der Waals surface area contributed by atoms with Crippen LogP contribution in [0.15, 0.2) is 54.7 Å². The van der Waals surface area contributed by atoms with E-state index in [0.29, 0.717) is 0 Å². The van der Waals surface area contributed by atoms with Crippen LogP contribution in [0.1, 0.15) is 26.3 Å². The zero-order valence-electron chi connectivity index (χ0n) is 15.7. The number of aromatic nitrogens is 3. The van der Waals surface area contributed by atoms with Gasteiger partial charge in [0.15, 0.2) is 0 Å². The van der Waals surface area contributed by atoms with Crippen molar-refractivity contribution in [1.29, 1.82) is 0 Å². The van der Waals surface area contributed by atoms with E-state index >= 15 is 0 Å². The summed E-state index contributed by atoms with van der Waals surface area (Å²) in [5.41, 5.74) is -1.37. The highest BCUT2D eigenvalue weighted by Crippen LogP contribution is 2.37. The van der Waals surface area contributed by atoms with Gasteiger partial charge in [0.25, 0.3) is 5.91 Å². The van der Waals surface area contributed by atoms with Crippen molar-refractivity contribution >= 4 is 46.1 Å². The molecule has 11 heteroatoms. The zero-order chi connectivity index (χ0) is 23.2. The van der Waals surface area contributed by atoms with Crippen molar-refractivity contribution in [2.24, 2.45) is 0 Å². The van der Waals surface area contributed by atoms with Crippen molar-refractivity contribution < 1.29 is 27.9 Å². The Morgan fingerprint density at radius 2 is 1.75 bits per heavy atom. The molecule has 0 aliphatic carbocycles. The molecule has 0 fully saturated rings. The number of rotatable bonds is 3. The average molecular weight is 480 g/mol. The van der Waals surface area contributed by atoms with E-state index in [1.165, 1.54) is 42.6 Å². The molecule has 2 aromatic heterocycles. The van der Waals surface area contributed by atoms with Crippen LogP contribution in [-0.2, 0) is 6.18 Å². The number of halogens is 5. The summed E-state index contributed by atoms with van der Waals surface area (Å²) in [6.07, 6.45) is -3.41. The minimum absolute atomic E-state index is 0.0169. The van der Waals surface area contributed by atoms with Crippen molar-refractivity contribution in [3.8, 4) is 11.3 Å². The first-order valence-corrected chi connectivity index (χ1v) is 9.62. The molecule has 1 N–H and O–H groups in total. The number of carbonyl (C=O) groups is 2. The Morgan fingerprint density at radius 3 is 2.41 bits per heavy atom. The van der Waals surface area contributed by atoms with Gasteiger partial charge in [0, 0.05) is 11.8 Å². The number of aromatic carboxylic acids is 1. The monoisotopic (exact) mass is 479 g/mol. The van der Waals surface area contributed by atoms with Crippen molar-refractivity contribution in [2.45, 2.75) is 6.18 Å². The van der Waals surface area contributed by atoms with Gasteiger partial charge in [0.1, 0.15) is 11.2 Å². The third-order valence-corrected chi connectivity index (χ3v) is 5.26. The predicted octanol–water partition coefficient (Wildman–Crippen LogP) is 5.81. The predicted molar refractivity (Wildman–Crippen MR) is 111 cm³/mol. The van der Waals surface area contributed by atoms with Crippen LogP contribution < -0.4 is 0 Å². The molecular weight excluding hydrogens is 470 g/mol. The van der Waals surface area contributed by atoms with Gasteiger partial charge < -0.3 is 5.11 Å². The Kier molecular flexibility index (Phi) is 5.39. The Labute approximate surface area is 187 Å². The Balaban J connectivity index is 1.95. The maximum absolute atomic E-state index is 13.5. The van der Waals surface area contributed by atoms with Crippen LogP contribution >= 0.6 is 23.2 Å². The van der Waals surface area contributed by atoms with Crippen molar-refractivity contribution in [2.75, 3.05) is 0 Å². The number of carboxylic acid groups (broad SMARTS) is 1. The van der Waals surface area contributed by atoms with E-state index in [2.05, 4.69) is 10.1 Å². The zero-order valence-corrected chi connectivity index (χ0v) is 17.2. The number of benzene rings is 2. The molecule has 0 unspecified atom stereocenters. The normalized spacial score (nSPS) is 11.7. The second-order valence-corrected chi connectivity index (χ2v) is 7.41. The third kappa shape index (κ3) is 3.69. The van der Waals surface area contributed by atoms with Crippen LogP contribution in [-0.4, -0.2) is 31.7 Å². The number of alkyl halides is 3. The summed E-state index contributed by atoms with van der Waals surface area (Å²) < 4.78 is 41.4. The summed E-state index contributed by atoms with van der Waals surface area (Å²) in [6, 6.07) is 9.85. The molecule has 0 atom stereocenters. The van der Waals surface area contributed by atoms with Crippen molar-refractivity contribution in [3.63, 3.8) is 0 Å². The highest BCUT2D eigenvalue weighted by molar-refractivity contribution is 6.35. The van der Waals surface area contributed by atoms with E-state index in [4.69, 9.17) is 28.3 Å². The molecule has 0 amide bonds. The van der Waals surface area contributed by atoms with Gasteiger partial charge in [-0.1, -0.05) is 35.3 Å². The van der Waals surface area contributed by atoms with Crippen LogP contribution in [0.2, 0.25) is 10.0 Å². The molecule has 2 heterocycles. The van der Waals surface area contributed by atoms with Crippen molar-refractivity contribution in [3.05, 3.63) is 81.5 Å². The lowest BCUT2D eigenvalue weighted by Gasteiger charge is -2.13. The molecule has 0 aliphatic heterocycles. The molecule has 4 rings (SSSR count). The van der Waals surface area contributed by atoms with Gasteiger partial charge in [0.2, 0.25) is 0 Å². The number of carbonyl (C=O) groups excluding carboxylic acids is 1. The molecule has 0 saturated carbocycles. The fourth-order valence-corrected chi connectivity index (χ4v) is 3.74. The Morgan fingerprint density at radius 1 is 1.00 bits per heavy atom. The van der Waals surface area contributed by atoms with E-state index in [0.717, 1.165) is 16.8 Å². The molecule has 32 heavy (non-hydrogen) atoms. The topological polar surface area (TPSA) is 85.1 Å². The highest BCUT2D eigenvalue weighted by Gasteiger charge is 2.37. The molecular formula is C21H10Cl2F3N3O3.